The van der Waals surface area contributed by atoms with Crippen molar-refractivity contribution in [2.75, 3.05) is 26.7 Å². The van der Waals surface area contributed by atoms with Crippen LogP contribution in [0.5, 0.6) is 0 Å². The van der Waals surface area contributed by atoms with E-state index in [4.69, 9.17) is 0 Å². The lowest BCUT2D eigenvalue weighted by molar-refractivity contribution is -0.130. The largest absolute Gasteiger partial charge is 0.342 e. The van der Waals surface area contributed by atoms with Gasteiger partial charge in [-0.05, 0) is 41.9 Å². The summed E-state index contributed by atoms with van der Waals surface area (Å²) < 4.78 is 26.5. The van der Waals surface area contributed by atoms with Crippen LogP contribution < -0.4 is 0 Å². The zero-order valence-electron chi connectivity index (χ0n) is 11.1. The van der Waals surface area contributed by atoms with E-state index in [9.17, 15) is 13.2 Å². The number of likely N-dealkylation sites (N-methyl/N-ethyl adjacent to an activating group) is 2. The van der Waals surface area contributed by atoms with E-state index >= 15 is 0 Å². The fraction of sp³-hybridized carbons (Fsp3) is 0.545. The zero-order chi connectivity index (χ0) is 14.6. The smallest absolute Gasteiger partial charge is 0.252 e. The van der Waals surface area contributed by atoms with Crippen LogP contribution in [0.15, 0.2) is 20.1 Å². The molecule has 5 nitrogen and oxygen atoms in total. The fourth-order valence-electron chi connectivity index (χ4n) is 1.54. The SMILES string of the molecule is CCN(CC)C(=O)CN(C)S(=O)(=O)c1ccc(Br)s1. The minimum absolute atomic E-state index is 0.139. The first-order valence-electron chi connectivity index (χ1n) is 5.82. The number of thiophene rings is 1. The molecule has 0 radical (unpaired) electrons. The number of hydrogen-bond donors (Lipinski definition) is 0. The predicted molar refractivity (Wildman–Crippen MR) is 79.8 cm³/mol. The Kier molecular flexibility index (Phi) is 5.97. The van der Waals surface area contributed by atoms with Gasteiger partial charge >= 0.3 is 0 Å². The summed E-state index contributed by atoms with van der Waals surface area (Å²) in [4.78, 5) is 13.5. The predicted octanol–water partition coefficient (Wildman–Crippen LogP) is 2.00. The first-order valence-corrected chi connectivity index (χ1v) is 8.87. The lowest BCUT2D eigenvalue weighted by Crippen LogP contribution is -2.40. The van der Waals surface area contributed by atoms with E-state index in [0.29, 0.717) is 13.1 Å². The molecule has 0 unspecified atom stereocenters. The molecule has 0 aliphatic rings. The lowest BCUT2D eigenvalue weighted by atomic mass is 10.4. The lowest BCUT2D eigenvalue weighted by Gasteiger charge is -2.22. The van der Waals surface area contributed by atoms with E-state index in [1.807, 2.05) is 13.8 Å². The third-order valence-corrected chi connectivity index (χ3v) is 6.58. The molecule has 0 aliphatic carbocycles. The van der Waals surface area contributed by atoms with Gasteiger partial charge in [0.25, 0.3) is 10.0 Å². The van der Waals surface area contributed by atoms with Crippen molar-refractivity contribution in [2.24, 2.45) is 0 Å². The molecule has 1 heterocycles. The van der Waals surface area contributed by atoms with Gasteiger partial charge in [-0.1, -0.05) is 0 Å². The number of carbonyl (C=O) groups is 1. The van der Waals surface area contributed by atoms with Crippen LogP contribution in [0.25, 0.3) is 0 Å². The van der Waals surface area contributed by atoms with Gasteiger partial charge in [0.2, 0.25) is 5.91 Å². The normalized spacial score (nSPS) is 11.8. The van der Waals surface area contributed by atoms with Crippen LogP contribution in [0.2, 0.25) is 0 Å². The third kappa shape index (κ3) is 4.01. The Hall–Kier alpha value is -0.440. The van der Waals surface area contributed by atoms with E-state index in [0.717, 1.165) is 19.4 Å². The van der Waals surface area contributed by atoms with E-state index in [-0.39, 0.29) is 16.7 Å². The first-order chi connectivity index (χ1) is 8.82. The quantitative estimate of drug-likeness (QED) is 0.771. The number of amides is 1. The number of sulfonamides is 1. The number of hydrogen-bond acceptors (Lipinski definition) is 4. The fourth-order valence-corrected chi connectivity index (χ4v) is 4.88. The Balaban J connectivity index is 2.83. The molecule has 0 spiro atoms. The number of nitrogens with zero attached hydrogens (tertiary/aromatic N) is 2. The second kappa shape index (κ2) is 6.83. The van der Waals surface area contributed by atoms with Crippen molar-refractivity contribution in [3.05, 3.63) is 15.9 Å². The van der Waals surface area contributed by atoms with Gasteiger partial charge in [0, 0.05) is 20.1 Å². The summed E-state index contributed by atoms with van der Waals surface area (Å²) in [6.45, 7) is 4.75. The molecule has 1 aromatic heterocycles. The molecule has 0 fully saturated rings. The maximum atomic E-state index is 12.2. The van der Waals surface area contributed by atoms with E-state index in [1.54, 1.807) is 11.0 Å². The van der Waals surface area contributed by atoms with Crippen LogP contribution in [0.3, 0.4) is 0 Å². The monoisotopic (exact) mass is 368 g/mol. The molecule has 1 rings (SSSR count). The van der Waals surface area contributed by atoms with Gasteiger partial charge in [-0.2, -0.15) is 4.31 Å². The summed E-state index contributed by atoms with van der Waals surface area (Å²) in [6.07, 6.45) is 0. The van der Waals surface area contributed by atoms with Gasteiger partial charge in [-0.3, -0.25) is 4.79 Å². The summed E-state index contributed by atoms with van der Waals surface area (Å²) in [5.41, 5.74) is 0. The molecule has 8 heteroatoms. The number of halogens is 1. The summed E-state index contributed by atoms with van der Waals surface area (Å²) in [5.74, 6) is -0.188. The Morgan fingerprint density at radius 1 is 1.32 bits per heavy atom. The molecule has 0 bridgehead atoms. The van der Waals surface area contributed by atoms with Crippen molar-refractivity contribution in [2.45, 2.75) is 18.1 Å². The van der Waals surface area contributed by atoms with Crippen molar-refractivity contribution < 1.29 is 13.2 Å². The summed E-state index contributed by atoms with van der Waals surface area (Å²) >= 11 is 4.36. The van der Waals surface area contributed by atoms with Crippen LogP contribution in [-0.2, 0) is 14.8 Å². The van der Waals surface area contributed by atoms with Crippen LogP contribution in [-0.4, -0.2) is 50.2 Å². The van der Waals surface area contributed by atoms with Crippen molar-refractivity contribution in [3.63, 3.8) is 0 Å². The van der Waals surface area contributed by atoms with Gasteiger partial charge in [-0.15, -0.1) is 11.3 Å². The molecular formula is C11H17BrN2O3S2. The van der Waals surface area contributed by atoms with Crippen LogP contribution in [0.1, 0.15) is 13.8 Å². The minimum Gasteiger partial charge on any atom is -0.342 e. The highest BCUT2D eigenvalue weighted by molar-refractivity contribution is 9.11. The topological polar surface area (TPSA) is 57.7 Å². The molecule has 0 aromatic carbocycles. The van der Waals surface area contributed by atoms with Crippen LogP contribution in [0.4, 0.5) is 0 Å². The van der Waals surface area contributed by atoms with Crippen molar-refractivity contribution in [1.29, 1.82) is 0 Å². The standard InChI is InChI=1S/C11H17BrN2O3S2/c1-4-14(5-2)10(15)8-13(3)19(16,17)11-7-6-9(12)18-11/h6-7H,4-5,8H2,1-3H3. The Labute approximate surface area is 126 Å². The maximum absolute atomic E-state index is 12.2. The highest BCUT2D eigenvalue weighted by atomic mass is 79.9. The Morgan fingerprint density at radius 2 is 1.89 bits per heavy atom. The summed E-state index contributed by atoms with van der Waals surface area (Å²) in [6, 6.07) is 3.21. The van der Waals surface area contributed by atoms with Crippen molar-refractivity contribution in [3.8, 4) is 0 Å². The minimum atomic E-state index is -3.59. The second-order valence-corrected chi connectivity index (χ2v) is 8.62. The Bertz CT molecular complexity index is 538. The average Bonchev–Trinajstić information content (AvgIpc) is 2.78. The summed E-state index contributed by atoms with van der Waals surface area (Å²) in [5, 5.41) is 0. The molecule has 108 valence electrons. The second-order valence-electron chi connectivity index (χ2n) is 3.89. The first kappa shape index (κ1) is 16.6. The molecule has 0 atom stereocenters. The molecule has 0 saturated carbocycles. The number of carbonyl (C=O) groups excluding carboxylic acids is 1. The highest BCUT2D eigenvalue weighted by Gasteiger charge is 2.25. The van der Waals surface area contributed by atoms with Gasteiger partial charge in [0.1, 0.15) is 4.21 Å². The molecule has 0 aliphatic heterocycles. The van der Waals surface area contributed by atoms with Crippen molar-refractivity contribution in [1.82, 2.24) is 9.21 Å². The zero-order valence-corrected chi connectivity index (χ0v) is 14.3. The van der Waals surface area contributed by atoms with Gasteiger partial charge in [0.05, 0.1) is 10.3 Å². The summed E-state index contributed by atoms with van der Waals surface area (Å²) in [7, 11) is -2.17. The third-order valence-electron chi connectivity index (χ3n) is 2.69. The van der Waals surface area contributed by atoms with Crippen LogP contribution >= 0.6 is 27.3 Å². The van der Waals surface area contributed by atoms with Gasteiger partial charge in [0.15, 0.2) is 0 Å². The number of rotatable bonds is 6. The maximum Gasteiger partial charge on any atom is 0.252 e. The molecule has 0 N–H and O–H groups in total. The molecule has 0 saturated heterocycles. The average molecular weight is 369 g/mol. The molecule has 19 heavy (non-hydrogen) atoms. The molecule has 1 amide bonds. The highest BCUT2D eigenvalue weighted by Crippen LogP contribution is 2.27. The van der Waals surface area contributed by atoms with Gasteiger partial charge < -0.3 is 4.90 Å². The van der Waals surface area contributed by atoms with Gasteiger partial charge in [-0.25, -0.2) is 8.42 Å². The van der Waals surface area contributed by atoms with E-state index in [2.05, 4.69) is 15.9 Å². The Morgan fingerprint density at radius 3 is 2.32 bits per heavy atom. The van der Waals surface area contributed by atoms with E-state index in [1.165, 1.54) is 13.1 Å². The molecular weight excluding hydrogens is 352 g/mol. The molecule has 1 aromatic rings. The van der Waals surface area contributed by atoms with E-state index < -0.39 is 10.0 Å². The van der Waals surface area contributed by atoms with Crippen LogP contribution in [0, 0.1) is 0 Å². The van der Waals surface area contributed by atoms with Crippen molar-refractivity contribution >= 4 is 43.2 Å².